The van der Waals surface area contributed by atoms with Crippen molar-refractivity contribution in [1.82, 2.24) is 0 Å². The Bertz CT molecular complexity index is 484. The van der Waals surface area contributed by atoms with E-state index in [0.717, 1.165) is 12.5 Å². The molecule has 1 atom stereocenters. The quantitative estimate of drug-likeness (QED) is 0.643. The van der Waals surface area contributed by atoms with E-state index in [1.165, 1.54) is 6.07 Å². The van der Waals surface area contributed by atoms with Crippen molar-refractivity contribution in [3.05, 3.63) is 33.4 Å². The predicted octanol–water partition coefficient (Wildman–Crippen LogP) is 2.78. The molecule has 98 valence electrons. The lowest BCUT2D eigenvalue weighted by molar-refractivity contribution is -0.385. The summed E-state index contributed by atoms with van der Waals surface area (Å²) in [6, 6.07) is 2.36. The normalized spacial score (nSPS) is 11.9. The van der Waals surface area contributed by atoms with Crippen molar-refractivity contribution in [3.8, 4) is 5.75 Å². The summed E-state index contributed by atoms with van der Waals surface area (Å²) in [5, 5.41) is 19.8. The van der Waals surface area contributed by atoms with Gasteiger partial charge in [-0.15, -0.1) is 0 Å². The van der Waals surface area contributed by atoms with Crippen molar-refractivity contribution in [2.75, 3.05) is 0 Å². The minimum atomic E-state index is -1.22. The molecule has 18 heavy (non-hydrogen) atoms. The molecule has 1 N–H and O–H groups in total. The summed E-state index contributed by atoms with van der Waals surface area (Å²) in [5.74, 6) is -0.969. The lowest BCUT2D eigenvalue weighted by atomic mass is 10.1. The number of hydrogen-bond acceptors (Lipinski definition) is 4. The van der Waals surface area contributed by atoms with Gasteiger partial charge < -0.3 is 9.84 Å². The van der Waals surface area contributed by atoms with Crippen LogP contribution in [0.4, 0.5) is 5.69 Å². The minimum Gasteiger partial charge on any atom is -0.490 e. The zero-order valence-electron chi connectivity index (χ0n) is 10.5. The maximum Gasteiger partial charge on any atom is 0.336 e. The Balaban J connectivity index is 3.31. The van der Waals surface area contributed by atoms with Crippen LogP contribution in [-0.4, -0.2) is 22.1 Å². The van der Waals surface area contributed by atoms with Crippen molar-refractivity contribution >= 4 is 11.7 Å². The van der Waals surface area contributed by atoms with Gasteiger partial charge in [0, 0.05) is 6.07 Å². The average Bonchev–Trinajstić information content (AvgIpc) is 2.30. The molecule has 1 aromatic carbocycles. The van der Waals surface area contributed by atoms with Crippen molar-refractivity contribution in [2.24, 2.45) is 0 Å². The van der Waals surface area contributed by atoms with Gasteiger partial charge in [-0.1, -0.05) is 6.92 Å². The predicted molar refractivity (Wildman–Crippen MR) is 65.2 cm³/mol. The van der Waals surface area contributed by atoms with Crippen molar-refractivity contribution < 1.29 is 19.6 Å². The van der Waals surface area contributed by atoms with Gasteiger partial charge in [-0.05, 0) is 26.3 Å². The summed E-state index contributed by atoms with van der Waals surface area (Å²) in [5.41, 5.74) is -0.0518. The number of hydrogen-bond donors (Lipinski definition) is 1. The topological polar surface area (TPSA) is 89.7 Å². The van der Waals surface area contributed by atoms with Crippen LogP contribution in [0, 0.1) is 17.0 Å². The van der Waals surface area contributed by atoms with Crippen LogP contribution in [0.2, 0.25) is 0 Å². The van der Waals surface area contributed by atoms with Gasteiger partial charge in [0.1, 0.15) is 5.75 Å². The zero-order valence-corrected chi connectivity index (χ0v) is 10.5. The highest BCUT2D eigenvalue weighted by Gasteiger charge is 2.20. The van der Waals surface area contributed by atoms with E-state index in [1.807, 2.05) is 13.8 Å². The van der Waals surface area contributed by atoms with E-state index < -0.39 is 10.9 Å². The number of carbonyl (C=O) groups is 1. The molecule has 1 unspecified atom stereocenters. The van der Waals surface area contributed by atoms with Crippen LogP contribution in [0.1, 0.15) is 36.2 Å². The molecule has 0 fully saturated rings. The number of ether oxygens (including phenoxy) is 1. The van der Waals surface area contributed by atoms with E-state index in [2.05, 4.69) is 0 Å². The first-order chi connectivity index (χ1) is 8.36. The lowest BCUT2D eigenvalue weighted by Gasteiger charge is -2.15. The van der Waals surface area contributed by atoms with Gasteiger partial charge in [0.2, 0.25) is 0 Å². The molecule has 0 saturated heterocycles. The minimum absolute atomic E-state index is 0.132. The fourth-order valence-corrected chi connectivity index (χ4v) is 1.41. The number of nitrogens with zero attached hydrogens (tertiary/aromatic N) is 1. The Morgan fingerprint density at radius 2 is 2.17 bits per heavy atom. The van der Waals surface area contributed by atoms with Gasteiger partial charge in [0.15, 0.2) is 0 Å². The third-order valence-electron chi connectivity index (χ3n) is 2.68. The Kier molecular flexibility index (Phi) is 4.25. The number of aromatic carboxylic acids is 1. The molecule has 0 aliphatic heterocycles. The van der Waals surface area contributed by atoms with Gasteiger partial charge in [0.05, 0.1) is 22.2 Å². The molecule has 0 heterocycles. The summed E-state index contributed by atoms with van der Waals surface area (Å²) >= 11 is 0. The first-order valence-electron chi connectivity index (χ1n) is 5.55. The van der Waals surface area contributed by atoms with Gasteiger partial charge in [-0.3, -0.25) is 10.1 Å². The molecule has 1 rings (SSSR count). The monoisotopic (exact) mass is 253 g/mol. The molecular formula is C12H15NO5. The van der Waals surface area contributed by atoms with E-state index in [-0.39, 0.29) is 23.1 Å². The molecule has 6 nitrogen and oxygen atoms in total. The zero-order chi connectivity index (χ0) is 13.9. The third-order valence-corrected chi connectivity index (χ3v) is 2.68. The highest BCUT2D eigenvalue weighted by molar-refractivity contribution is 5.89. The maximum absolute atomic E-state index is 10.9. The molecule has 1 aromatic rings. The number of rotatable bonds is 5. The molecule has 0 aromatic heterocycles. The standard InChI is InChI=1S/C12H15NO5/c1-4-7(2)18-11-6-9(12(14)15)5-10(8(11)3)13(16)17/h5-7H,4H2,1-3H3,(H,14,15). The Labute approximate surface area is 104 Å². The maximum atomic E-state index is 10.9. The van der Waals surface area contributed by atoms with E-state index in [4.69, 9.17) is 9.84 Å². The van der Waals surface area contributed by atoms with Crippen LogP contribution in [0.3, 0.4) is 0 Å². The highest BCUT2D eigenvalue weighted by atomic mass is 16.6. The van der Waals surface area contributed by atoms with Gasteiger partial charge >= 0.3 is 5.97 Å². The highest BCUT2D eigenvalue weighted by Crippen LogP contribution is 2.30. The summed E-state index contributed by atoms with van der Waals surface area (Å²) < 4.78 is 5.51. The van der Waals surface area contributed by atoms with E-state index in [1.54, 1.807) is 6.92 Å². The first-order valence-corrected chi connectivity index (χ1v) is 5.55. The number of nitro groups is 1. The molecule has 0 aliphatic rings. The molecule has 0 amide bonds. The van der Waals surface area contributed by atoms with E-state index in [0.29, 0.717) is 5.56 Å². The summed E-state index contributed by atoms with van der Waals surface area (Å²) in [6.45, 7) is 5.27. The second-order valence-electron chi connectivity index (χ2n) is 4.02. The second-order valence-corrected chi connectivity index (χ2v) is 4.02. The molecule has 0 saturated carbocycles. The Hall–Kier alpha value is -2.11. The fourth-order valence-electron chi connectivity index (χ4n) is 1.41. The number of carboxylic acids is 1. The van der Waals surface area contributed by atoms with Crippen LogP contribution in [-0.2, 0) is 0 Å². The van der Waals surface area contributed by atoms with Gasteiger partial charge in [-0.2, -0.15) is 0 Å². The molecule has 0 spiro atoms. The van der Waals surface area contributed by atoms with Gasteiger partial charge in [0.25, 0.3) is 5.69 Å². The fraction of sp³-hybridized carbons (Fsp3) is 0.417. The summed E-state index contributed by atoms with van der Waals surface area (Å²) in [6.07, 6.45) is 0.595. The van der Waals surface area contributed by atoms with E-state index in [9.17, 15) is 14.9 Å². The lowest BCUT2D eigenvalue weighted by Crippen LogP contribution is -2.12. The number of benzene rings is 1. The average molecular weight is 253 g/mol. The smallest absolute Gasteiger partial charge is 0.336 e. The number of nitro benzene ring substituents is 1. The van der Waals surface area contributed by atoms with Crippen molar-refractivity contribution in [3.63, 3.8) is 0 Å². The van der Waals surface area contributed by atoms with E-state index >= 15 is 0 Å². The Morgan fingerprint density at radius 1 is 1.56 bits per heavy atom. The molecule has 0 aliphatic carbocycles. The molecule has 0 radical (unpaired) electrons. The summed E-state index contributed by atoms with van der Waals surface area (Å²) in [4.78, 5) is 21.2. The molecule has 6 heteroatoms. The van der Waals surface area contributed by atoms with Crippen LogP contribution in [0.25, 0.3) is 0 Å². The summed E-state index contributed by atoms with van der Waals surface area (Å²) in [7, 11) is 0. The second kappa shape index (κ2) is 5.48. The third kappa shape index (κ3) is 2.97. The van der Waals surface area contributed by atoms with Crippen LogP contribution in [0.5, 0.6) is 5.75 Å². The van der Waals surface area contributed by atoms with Crippen LogP contribution >= 0.6 is 0 Å². The van der Waals surface area contributed by atoms with Crippen molar-refractivity contribution in [2.45, 2.75) is 33.3 Å². The SMILES string of the molecule is CCC(C)Oc1cc(C(=O)O)cc([N+](=O)[O-])c1C. The first kappa shape index (κ1) is 14.0. The molecular weight excluding hydrogens is 238 g/mol. The van der Waals surface area contributed by atoms with Gasteiger partial charge in [-0.25, -0.2) is 4.79 Å². The largest absolute Gasteiger partial charge is 0.490 e. The van der Waals surface area contributed by atoms with Crippen LogP contribution < -0.4 is 4.74 Å². The van der Waals surface area contributed by atoms with Crippen molar-refractivity contribution in [1.29, 1.82) is 0 Å². The molecule has 0 bridgehead atoms. The Morgan fingerprint density at radius 3 is 2.61 bits per heavy atom. The van der Waals surface area contributed by atoms with Crippen LogP contribution in [0.15, 0.2) is 12.1 Å². The number of carboxylic acid groups (broad SMARTS) is 1.